The fraction of sp³-hybridized carbons (Fsp3) is 0.0870. The molecule has 0 aromatic heterocycles. The van der Waals surface area contributed by atoms with Crippen LogP contribution in [0.4, 0.5) is 13.2 Å². The number of Topliss-reactive ketones (excluding diaryl/α,β-unsaturated/α-hetero) is 1. The highest BCUT2D eigenvalue weighted by Gasteiger charge is 2.29. The van der Waals surface area contributed by atoms with Gasteiger partial charge in [0.25, 0.3) is 0 Å². The van der Waals surface area contributed by atoms with Crippen molar-refractivity contribution >= 4 is 17.9 Å². The van der Waals surface area contributed by atoms with E-state index in [1.807, 2.05) is 42.5 Å². The Labute approximate surface area is 155 Å². The number of ketones is 1. The van der Waals surface area contributed by atoms with Crippen molar-refractivity contribution in [2.75, 3.05) is 0 Å². The maximum Gasteiger partial charge on any atom is 0.416 e. The van der Waals surface area contributed by atoms with E-state index >= 15 is 0 Å². The van der Waals surface area contributed by atoms with Crippen molar-refractivity contribution in [3.05, 3.63) is 95.1 Å². The summed E-state index contributed by atoms with van der Waals surface area (Å²) in [6.07, 6.45) is -0.692. The van der Waals surface area contributed by atoms with Crippen LogP contribution in [-0.4, -0.2) is 5.78 Å². The van der Waals surface area contributed by atoms with Gasteiger partial charge < -0.3 is 0 Å². The summed E-state index contributed by atoms with van der Waals surface area (Å²) in [5.74, 6) is 0.0327. The van der Waals surface area contributed by atoms with Crippen molar-refractivity contribution in [3.8, 4) is 11.1 Å². The van der Waals surface area contributed by atoms with Crippen LogP contribution in [0, 0.1) is 0 Å². The van der Waals surface area contributed by atoms with Gasteiger partial charge in [-0.25, -0.2) is 0 Å². The van der Waals surface area contributed by atoms with Crippen LogP contribution in [0.2, 0.25) is 0 Å². The topological polar surface area (TPSA) is 17.1 Å². The molecule has 0 aliphatic rings. The van der Waals surface area contributed by atoms with Crippen molar-refractivity contribution in [3.63, 3.8) is 0 Å². The summed E-state index contributed by atoms with van der Waals surface area (Å²) in [6, 6.07) is 20.3. The Bertz CT molecular complexity index is 949. The second kappa shape index (κ2) is 7.62. The predicted molar refractivity (Wildman–Crippen MR) is 102 cm³/mol. The molecule has 1 nitrogen and oxygen atoms in total. The molecule has 3 rings (SSSR count). The summed E-state index contributed by atoms with van der Waals surface area (Å²) in [4.78, 5) is 11.3. The lowest BCUT2D eigenvalue weighted by Crippen LogP contribution is -2.03. The van der Waals surface area contributed by atoms with Gasteiger partial charge in [0.05, 0.1) is 5.56 Å². The van der Waals surface area contributed by atoms with Crippen LogP contribution in [0.3, 0.4) is 0 Å². The van der Waals surface area contributed by atoms with Crippen molar-refractivity contribution in [2.45, 2.75) is 13.1 Å². The molecule has 0 fully saturated rings. The smallest absolute Gasteiger partial charge is 0.295 e. The first-order valence-electron chi connectivity index (χ1n) is 8.40. The first-order chi connectivity index (χ1) is 12.8. The molecule has 0 saturated carbocycles. The Morgan fingerprint density at radius 3 is 1.52 bits per heavy atom. The lowest BCUT2D eigenvalue weighted by Gasteiger charge is -2.06. The van der Waals surface area contributed by atoms with Crippen LogP contribution in [0.25, 0.3) is 23.3 Å². The quantitative estimate of drug-likeness (QED) is 0.369. The minimum absolute atomic E-state index is 0.0327. The molecule has 0 amide bonds. The fourth-order valence-corrected chi connectivity index (χ4v) is 2.66. The third-order valence-corrected chi connectivity index (χ3v) is 4.24. The molecule has 0 saturated heterocycles. The number of carbonyl (C=O) groups excluding carboxylic acids is 1. The molecule has 0 unspecified atom stereocenters. The highest BCUT2D eigenvalue weighted by atomic mass is 19.4. The first-order valence-corrected chi connectivity index (χ1v) is 8.40. The van der Waals surface area contributed by atoms with E-state index in [1.54, 1.807) is 18.2 Å². The van der Waals surface area contributed by atoms with E-state index in [2.05, 4.69) is 0 Å². The molecule has 0 heterocycles. The van der Waals surface area contributed by atoms with Crippen LogP contribution < -0.4 is 0 Å². The molecule has 0 radical (unpaired) electrons. The largest absolute Gasteiger partial charge is 0.416 e. The third-order valence-electron chi connectivity index (χ3n) is 4.24. The monoisotopic (exact) mass is 366 g/mol. The van der Waals surface area contributed by atoms with Crippen LogP contribution in [0.1, 0.15) is 34.0 Å². The van der Waals surface area contributed by atoms with E-state index in [0.29, 0.717) is 11.1 Å². The van der Waals surface area contributed by atoms with Gasteiger partial charge in [-0.1, -0.05) is 72.8 Å². The molecule has 0 spiro atoms. The van der Waals surface area contributed by atoms with E-state index in [-0.39, 0.29) is 5.78 Å². The molecule has 3 aromatic carbocycles. The Morgan fingerprint density at radius 2 is 1.11 bits per heavy atom. The van der Waals surface area contributed by atoms with Crippen molar-refractivity contribution in [1.29, 1.82) is 0 Å². The summed E-state index contributed by atoms with van der Waals surface area (Å²) >= 11 is 0. The van der Waals surface area contributed by atoms with Gasteiger partial charge in [0.15, 0.2) is 5.78 Å². The zero-order valence-electron chi connectivity index (χ0n) is 14.6. The molecular formula is C23H17F3O. The van der Waals surface area contributed by atoms with E-state index in [4.69, 9.17) is 0 Å². The second-order valence-corrected chi connectivity index (χ2v) is 6.21. The summed E-state index contributed by atoms with van der Waals surface area (Å²) in [5, 5.41) is 0. The van der Waals surface area contributed by atoms with Crippen LogP contribution in [-0.2, 0) is 6.18 Å². The van der Waals surface area contributed by atoms with Crippen LogP contribution in [0.15, 0.2) is 72.8 Å². The average Bonchev–Trinajstić information content (AvgIpc) is 2.66. The molecule has 136 valence electrons. The number of rotatable bonds is 4. The Balaban J connectivity index is 1.72. The molecular weight excluding hydrogens is 349 g/mol. The van der Waals surface area contributed by atoms with Crippen molar-refractivity contribution in [2.24, 2.45) is 0 Å². The average molecular weight is 366 g/mol. The van der Waals surface area contributed by atoms with Gasteiger partial charge in [-0.05, 0) is 41.3 Å². The number of carbonyl (C=O) groups is 1. The maximum atomic E-state index is 12.6. The lowest BCUT2D eigenvalue weighted by atomic mass is 10.0. The summed E-state index contributed by atoms with van der Waals surface area (Å²) < 4.78 is 37.7. The number of alkyl halides is 3. The van der Waals surface area contributed by atoms with Gasteiger partial charge in [0, 0.05) is 5.56 Å². The van der Waals surface area contributed by atoms with Crippen molar-refractivity contribution in [1.82, 2.24) is 0 Å². The second-order valence-electron chi connectivity index (χ2n) is 6.21. The van der Waals surface area contributed by atoms with Gasteiger partial charge in [0.1, 0.15) is 0 Å². The molecule has 27 heavy (non-hydrogen) atoms. The molecule has 4 heteroatoms. The van der Waals surface area contributed by atoms with Gasteiger partial charge in [-0.2, -0.15) is 13.2 Å². The molecule has 0 aliphatic carbocycles. The molecule has 0 N–H and O–H groups in total. The zero-order valence-corrected chi connectivity index (χ0v) is 14.6. The van der Waals surface area contributed by atoms with E-state index < -0.39 is 11.7 Å². The first kappa shape index (κ1) is 18.6. The number of hydrogen-bond donors (Lipinski definition) is 0. The number of halogens is 3. The van der Waals surface area contributed by atoms with Gasteiger partial charge in [-0.15, -0.1) is 0 Å². The minimum atomic E-state index is -4.32. The minimum Gasteiger partial charge on any atom is -0.295 e. The van der Waals surface area contributed by atoms with E-state index in [0.717, 1.165) is 28.8 Å². The SMILES string of the molecule is CC(=O)c1ccc(-c2ccc(/C=C/c3ccc(C(F)(F)F)cc3)cc2)cc1. The zero-order chi connectivity index (χ0) is 19.4. The van der Waals surface area contributed by atoms with Gasteiger partial charge in [-0.3, -0.25) is 4.79 Å². The molecule has 3 aromatic rings. The summed E-state index contributed by atoms with van der Waals surface area (Å²) in [7, 11) is 0. The Kier molecular flexibility index (Phi) is 5.26. The van der Waals surface area contributed by atoms with Crippen LogP contribution >= 0.6 is 0 Å². The number of hydrogen-bond acceptors (Lipinski definition) is 1. The predicted octanol–water partition coefficient (Wildman–Crippen LogP) is 6.75. The molecule has 0 atom stereocenters. The van der Waals surface area contributed by atoms with Gasteiger partial charge >= 0.3 is 6.18 Å². The summed E-state index contributed by atoms with van der Waals surface area (Å²) in [6.45, 7) is 1.53. The van der Waals surface area contributed by atoms with Crippen LogP contribution in [0.5, 0.6) is 0 Å². The lowest BCUT2D eigenvalue weighted by molar-refractivity contribution is -0.137. The Morgan fingerprint density at radius 1 is 0.704 bits per heavy atom. The fourth-order valence-electron chi connectivity index (χ4n) is 2.66. The summed E-state index contributed by atoms with van der Waals surface area (Å²) in [5.41, 5.74) is 3.70. The Hall–Kier alpha value is -3.14. The third kappa shape index (κ3) is 4.73. The van der Waals surface area contributed by atoms with E-state index in [9.17, 15) is 18.0 Å². The number of benzene rings is 3. The van der Waals surface area contributed by atoms with Crippen molar-refractivity contribution < 1.29 is 18.0 Å². The van der Waals surface area contributed by atoms with Gasteiger partial charge in [0.2, 0.25) is 0 Å². The highest BCUT2D eigenvalue weighted by molar-refractivity contribution is 5.94. The normalized spacial score (nSPS) is 11.7. The standard InChI is InChI=1S/C23H17F3O/c1-16(27)19-10-12-21(13-11-19)20-8-4-17(5-9-20)2-3-18-6-14-22(15-7-18)23(24,25)26/h2-15H,1H3/b3-2+. The molecule has 0 bridgehead atoms. The highest BCUT2D eigenvalue weighted by Crippen LogP contribution is 2.29. The van der Waals surface area contributed by atoms with E-state index in [1.165, 1.54) is 19.1 Å². The maximum absolute atomic E-state index is 12.6. The molecule has 0 aliphatic heterocycles.